The van der Waals surface area contributed by atoms with Gasteiger partial charge < -0.3 is 9.84 Å². The summed E-state index contributed by atoms with van der Waals surface area (Å²) in [4.78, 5) is 16.5. The molecule has 0 aliphatic carbocycles. The van der Waals surface area contributed by atoms with Crippen LogP contribution in [-0.4, -0.2) is 16.0 Å². The fourth-order valence-corrected chi connectivity index (χ4v) is 2.08. The lowest BCUT2D eigenvalue weighted by molar-refractivity contribution is 0.102. The average molecular weight is 311 g/mol. The van der Waals surface area contributed by atoms with Crippen molar-refractivity contribution < 1.29 is 13.7 Å². The number of carbonyl (C=O) groups excluding carboxylic acids is 1. The van der Waals surface area contributed by atoms with Crippen LogP contribution in [0.25, 0.3) is 11.5 Å². The Hall–Kier alpha value is -3.02. The summed E-state index contributed by atoms with van der Waals surface area (Å²) in [5.74, 6) is 0.212. The first-order chi connectivity index (χ1) is 11.2. The van der Waals surface area contributed by atoms with Gasteiger partial charge in [-0.25, -0.2) is 4.39 Å². The maximum atomic E-state index is 12.9. The van der Waals surface area contributed by atoms with Crippen molar-refractivity contribution >= 4 is 11.6 Å². The number of para-hydroxylation sites is 1. The highest BCUT2D eigenvalue weighted by atomic mass is 19.1. The second-order valence-corrected chi connectivity index (χ2v) is 4.88. The van der Waals surface area contributed by atoms with Gasteiger partial charge in [-0.15, -0.1) is 0 Å². The van der Waals surface area contributed by atoms with E-state index in [1.54, 1.807) is 18.2 Å². The number of amides is 1. The maximum Gasteiger partial charge on any atom is 0.260 e. The summed E-state index contributed by atoms with van der Waals surface area (Å²) in [5, 5.41) is 6.64. The van der Waals surface area contributed by atoms with Crippen LogP contribution in [0.4, 0.5) is 10.1 Å². The lowest BCUT2D eigenvalue weighted by Crippen LogP contribution is -2.12. The van der Waals surface area contributed by atoms with E-state index in [2.05, 4.69) is 15.5 Å². The SMILES string of the molecule is CCc1noc(-c2ccccc2NC(=O)c2ccc(F)cc2)n1. The van der Waals surface area contributed by atoms with Gasteiger partial charge in [0, 0.05) is 12.0 Å². The minimum absolute atomic E-state index is 0.340. The molecule has 1 aromatic heterocycles. The number of hydrogen-bond acceptors (Lipinski definition) is 4. The summed E-state index contributed by atoms with van der Waals surface area (Å²) in [6.45, 7) is 1.93. The summed E-state index contributed by atoms with van der Waals surface area (Å²) in [6, 6.07) is 12.5. The van der Waals surface area contributed by atoms with Crippen LogP contribution in [0.2, 0.25) is 0 Å². The van der Waals surface area contributed by atoms with Gasteiger partial charge in [-0.1, -0.05) is 24.2 Å². The summed E-state index contributed by atoms with van der Waals surface area (Å²) >= 11 is 0. The van der Waals surface area contributed by atoms with Crippen molar-refractivity contribution in [2.75, 3.05) is 5.32 Å². The third-order valence-corrected chi connectivity index (χ3v) is 3.30. The molecule has 5 nitrogen and oxygen atoms in total. The van der Waals surface area contributed by atoms with Crippen LogP contribution in [0.5, 0.6) is 0 Å². The number of halogens is 1. The lowest BCUT2D eigenvalue weighted by atomic mass is 10.1. The number of aryl methyl sites for hydroxylation is 1. The molecule has 0 fully saturated rings. The Morgan fingerprint density at radius 3 is 2.61 bits per heavy atom. The van der Waals surface area contributed by atoms with Crippen molar-refractivity contribution in [2.45, 2.75) is 13.3 Å². The van der Waals surface area contributed by atoms with Crippen LogP contribution < -0.4 is 5.32 Å². The minimum atomic E-state index is -0.389. The Morgan fingerprint density at radius 1 is 1.17 bits per heavy atom. The fourth-order valence-electron chi connectivity index (χ4n) is 2.08. The Balaban J connectivity index is 1.88. The number of nitrogens with one attached hydrogen (secondary N) is 1. The maximum absolute atomic E-state index is 12.9. The van der Waals surface area contributed by atoms with Crippen molar-refractivity contribution in [1.29, 1.82) is 0 Å². The van der Waals surface area contributed by atoms with E-state index in [0.29, 0.717) is 35.0 Å². The molecule has 0 aliphatic heterocycles. The molecule has 0 saturated carbocycles. The number of hydrogen-bond donors (Lipinski definition) is 1. The van der Waals surface area contributed by atoms with Gasteiger partial charge in [-0.3, -0.25) is 4.79 Å². The van der Waals surface area contributed by atoms with Crippen LogP contribution >= 0.6 is 0 Å². The molecular weight excluding hydrogens is 297 g/mol. The van der Waals surface area contributed by atoms with Crippen molar-refractivity contribution in [3.63, 3.8) is 0 Å². The van der Waals surface area contributed by atoms with Crippen molar-refractivity contribution in [3.05, 3.63) is 65.7 Å². The second kappa shape index (κ2) is 6.39. The summed E-state index contributed by atoms with van der Waals surface area (Å²) in [5.41, 5.74) is 1.55. The molecule has 3 rings (SSSR count). The van der Waals surface area contributed by atoms with E-state index in [-0.39, 0.29) is 11.7 Å². The molecule has 3 aromatic rings. The van der Waals surface area contributed by atoms with E-state index < -0.39 is 0 Å². The molecule has 0 spiro atoms. The zero-order valence-electron chi connectivity index (χ0n) is 12.4. The van der Waals surface area contributed by atoms with E-state index in [0.717, 1.165) is 0 Å². The van der Waals surface area contributed by atoms with Crippen LogP contribution in [0.3, 0.4) is 0 Å². The van der Waals surface area contributed by atoms with Gasteiger partial charge in [-0.05, 0) is 36.4 Å². The Kier molecular flexibility index (Phi) is 4.14. The molecule has 0 bridgehead atoms. The van der Waals surface area contributed by atoms with Crippen LogP contribution in [0.1, 0.15) is 23.1 Å². The van der Waals surface area contributed by atoms with Crippen LogP contribution in [0, 0.1) is 5.82 Å². The Bertz CT molecular complexity index is 828. The largest absolute Gasteiger partial charge is 0.334 e. The van der Waals surface area contributed by atoms with Gasteiger partial charge in [0.15, 0.2) is 5.82 Å². The second-order valence-electron chi connectivity index (χ2n) is 4.88. The van der Waals surface area contributed by atoms with Gasteiger partial charge in [0.1, 0.15) is 5.82 Å². The molecule has 6 heteroatoms. The average Bonchev–Trinajstić information content (AvgIpc) is 3.05. The highest BCUT2D eigenvalue weighted by molar-refractivity contribution is 6.05. The normalized spacial score (nSPS) is 10.5. The predicted molar refractivity (Wildman–Crippen MR) is 83.5 cm³/mol. The number of aromatic nitrogens is 2. The van der Waals surface area contributed by atoms with Gasteiger partial charge >= 0.3 is 0 Å². The van der Waals surface area contributed by atoms with E-state index >= 15 is 0 Å². The van der Waals surface area contributed by atoms with Crippen molar-refractivity contribution in [2.24, 2.45) is 0 Å². The molecular formula is C17H14FN3O2. The van der Waals surface area contributed by atoms with E-state index in [1.807, 2.05) is 13.0 Å². The fraction of sp³-hybridized carbons (Fsp3) is 0.118. The highest BCUT2D eigenvalue weighted by Crippen LogP contribution is 2.26. The molecule has 0 atom stereocenters. The van der Waals surface area contributed by atoms with Gasteiger partial charge in [-0.2, -0.15) is 4.98 Å². The highest BCUT2D eigenvalue weighted by Gasteiger charge is 2.14. The smallest absolute Gasteiger partial charge is 0.260 e. The van der Waals surface area contributed by atoms with Gasteiger partial charge in [0.2, 0.25) is 0 Å². The van der Waals surface area contributed by atoms with Crippen LogP contribution in [0.15, 0.2) is 53.1 Å². The first kappa shape index (κ1) is 14.9. The molecule has 1 N–H and O–H groups in total. The zero-order chi connectivity index (χ0) is 16.2. The topological polar surface area (TPSA) is 68.0 Å². The molecule has 0 unspecified atom stereocenters. The van der Waals surface area contributed by atoms with Crippen LogP contribution in [-0.2, 0) is 6.42 Å². The van der Waals surface area contributed by atoms with Crippen molar-refractivity contribution in [1.82, 2.24) is 10.1 Å². The summed E-state index contributed by atoms with van der Waals surface area (Å²) in [7, 11) is 0. The number of anilines is 1. The van der Waals surface area contributed by atoms with Gasteiger partial charge in [0.25, 0.3) is 11.8 Å². The molecule has 116 valence electrons. The van der Waals surface area contributed by atoms with Crippen molar-refractivity contribution in [3.8, 4) is 11.5 Å². The first-order valence-electron chi connectivity index (χ1n) is 7.16. The molecule has 0 radical (unpaired) electrons. The zero-order valence-corrected chi connectivity index (χ0v) is 12.4. The Morgan fingerprint density at radius 2 is 1.91 bits per heavy atom. The first-order valence-corrected chi connectivity index (χ1v) is 7.16. The molecule has 1 amide bonds. The number of benzene rings is 2. The quantitative estimate of drug-likeness (QED) is 0.798. The third-order valence-electron chi connectivity index (χ3n) is 3.30. The molecule has 0 saturated heterocycles. The molecule has 2 aromatic carbocycles. The Labute approximate surface area is 132 Å². The van der Waals surface area contributed by atoms with E-state index in [9.17, 15) is 9.18 Å². The molecule has 0 aliphatic rings. The predicted octanol–water partition coefficient (Wildman–Crippen LogP) is 3.69. The number of carbonyl (C=O) groups is 1. The number of nitrogens with zero attached hydrogens (tertiary/aromatic N) is 2. The van der Waals surface area contributed by atoms with E-state index in [4.69, 9.17) is 4.52 Å². The minimum Gasteiger partial charge on any atom is -0.334 e. The summed E-state index contributed by atoms with van der Waals surface area (Å²) < 4.78 is 18.2. The summed E-state index contributed by atoms with van der Waals surface area (Å²) in [6.07, 6.45) is 0.660. The van der Waals surface area contributed by atoms with E-state index in [1.165, 1.54) is 24.3 Å². The standard InChI is InChI=1S/C17H14FN3O2/c1-2-15-20-17(23-21-15)13-5-3-4-6-14(13)19-16(22)11-7-9-12(18)10-8-11/h3-10H,2H2,1H3,(H,19,22). The molecule has 1 heterocycles. The number of rotatable bonds is 4. The lowest BCUT2D eigenvalue weighted by Gasteiger charge is -2.08. The third kappa shape index (κ3) is 3.26. The monoisotopic (exact) mass is 311 g/mol. The molecule has 23 heavy (non-hydrogen) atoms. The van der Waals surface area contributed by atoms with Gasteiger partial charge in [0.05, 0.1) is 11.3 Å².